The summed E-state index contributed by atoms with van der Waals surface area (Å²) in [5, 5.41) is 3.35. The summed E-state index contributed by atoms with van der Waals surface area (Å²) in [6.07, 6.45) is 8.90. The number of carbonyl (C=O) groups excluding carboxylic acids is 1. The summed E-state index contributed by atoms with van der Waals surface area (Å²) in [5.74, 6) is 2.46. The van der Waals surface area contributed by atoms with Crippen LogP contribution in [-0.2, 0) is 14.8 Å². The third-order valence-electron chi connectivity index (χ3n) is 8.26. The lowest BCUT2D eigenvalue weighted by Gasteiger charge is -2.59. The van der Waals surface area contributed by atoms with Crippen LogP contribution in [0.1, 0.15) is 62.2 Å². The molecule has 170 valence electrons. The molecule has 4 aliphatic carbocycles. The molecule has 7 heteroatoms. The molecule has 1 N–H and O–H groups in total. The minimum Gasteiger partial charge on any atom is -0.379 e. The van der Waals surface area contributed by atoms with Crippen molar-refractivity contribution in [2.75, 3.05) is 26.3 Å². The van der Waals surface area contributed by atoms with E-state index >= 15 is 0 Å². The van der Waals surface area contributed by atoms with Crippen LogP contribution in [0.25, 0.3) is 0 Å². The van der Waals surface area contributed by atoms with Crippen molar-refractivity contribution < 1.29 is 17.9 Å². The Balaban J connectivity index is 1.29. The fourth-order valence-corrected chi connectivity index (χ4v) is 8.66. The molecule has 31 heavy (non-hydrogen) atoms. The zero-order valence-corrected chi connectivity index (χ0v) is 19.2. The highest BCUT2D eigenvalue weighted by Gasteiger charge is 2.54. The van der Waals surface area contributed by atoms with Crippen LogP contribution >= 0.6 is 0 Å². The Bertz CT molecular complexity index is 886. The van der Waals surface area contributed by atoms with Gasteiger partial charge < -0.3 is 10.1 Å². The highest BCUT2D eigenvalue weighted by atomic mass is 32.2. The van der Waals surface area contributed by atoms with Gasteiger partial charge in [-0.3, -0.25) is 4.79 Å². The van der Waals surface area contributed by atoms with Gasteiger partial charge in [0.25, 0.3) is 5.91 Å². The highest BCUT2D eigenvalue weighted by Crippen LogP contribution is 2.61. The van der Waals surface area contributed by atoms with Crippen molar-refractivity contribution >= 4 is 15.9 Å². The van der Waals surface area contributed by atoms with Crippen molar-refractivity contribution in [2.24, 2.45) is 23.2 Å². The van der Waals surface area contributed by atoms with Crippen LogP contribution in [0, 0.1) is 23.2 Å². The topological polar surface area (TPSA) is 75.7 Å². The molecule has 1 aromatic carbocycles. The van der Waals surface area contributed by atoms with Gasteiger partial charge in [-0.1, -0.05) is 6.92 Å². The van der Waals surface area contributed by atoms with Crippen molar-refractivity contribution in [3.8, 4) is 0 Å². The maximum absolute atomic E-state index is 13.1. The van der Waals surface area contributed by atoms with E-state index in [1.807, 2.05) is 0 Å². The fourth-order valence-electron chi connectivity index (χ4n) is 7.25. The Morgan fingerprint density at radius 1 is 1.06 bits per heavy atom. The Morgan fingerprint density at radius 2 is 1.61 bits per heavy atom. The molecule has 5 aliphatic rings. The first-order valence-electron chi connectivity index (χ1n) is 11.9. The van der Waals surface area contributed by atoms with Gasteiger partial charge in [0.2, 0.25) is 10.0 Å². The molecular formula is C24H34N2O4S. The largest absolute Gasteiger partial charge is 0.379 e. The Kier molecular flexibility index (Phi) is 5.64. The predicted octanol–water partition coefficient (Wildman–Crippen LogP) is 3.43. The molecule has 0 unspecified atom stereocenters. The molecule has 4 bridgehead atoms. The third-order valence-corrected chi connectivity index (χ3v) is 10.2. The first-order valence-corrected chi connectivity index (χ1v) is 13.3. The standard InChI is InChI=1S/C24H34N2O4S/c1-2-22(24-14-17-11-18(15-24)13-19(12-17)16-24)25-23(27)20-3-5-21(6-4-20)31(28,29)26-7-9-30-10-8-26/h3-6,17-19,22H,2,7-16H2,1H3,(H,25,27)/t17?,18?,19?,22-,24?/m1/s1. The lowest BCUT2D eigenvalue weighted by molar-refractivity contribution is -0.0727. The number of carbonyl (C=O) groups is 1. The third kappa shape index (κ3) is 3.93. The minimum atomic E-state index is -3.54. The molecule has 0 spiro atoms. The van der Waals surface area contributed by atoms with Crippen LogP contribution in [0.4, 0.5) is 0 Å². The first kappa shape index (κ1) is 21.4. The zero-order chi connectivity index (χ0) is 21.6. The first-order chi connectivity index (χ1) is 14.9. The molecule has 4 saturated carbocycles. The van der Waals surface area contributed by atoms with E-state index in [1.165, 1.54) is 42.8 Å². The van der Waals surface area contributed by atoms with Crippen molar-refractivity contribution in [1.82, 2.24) is 9.62 Å². The molecule has 0 aromatic heterocycles. The lowest BCUT2D eigenvalue weighted by Crippen LogP contribution is -2.56. The summed E-state index contributed by atoms with van der Waals surface area (Å²) >= 11 is 0. The molecule has 1 aliphatic heterocycles. The summed E-state index contributed by atoms with van der Waals surface area (Å²) in [6.45, 7) is 3.76. The van der Waals surface area contributed by atoms with Gasteiger partial charge in [0.05, 0.1) is 18.1 Å². The maximum Gasteiger partial charge on any atom is 0.251 e. The van der Waals surface area contributed by atoms with Crippen LogP contribution in [0.15, 0.2) is 29.2 Å². The predicted molar refractivity (Wildman–Crippen MR) is 118 cm³/mol. The summed E-state index contributed by atoms with van der Waals surface area (Å²) in [6, 6.07) is 6.62. The smallest absolute Gasteiger partial charge is 0.251 e. The second-order valence-electron chi connectivity index (χ2n) is 10.3. The normalized spacial score (nSPS) is 33.9. The highest BCUT2D eigenvalue weighted by molar-refractivity contribution is 7.89. The van der Waals surface area contributed by atoms with Crippen molar-refractivity contribution in [1.29, 1.82) is 0 Å². The maximum atomic E-state index is 13.1. The van der Waals surface area contributed by atoms with Gasteiger partial charge in [-0.05, 0) is 92.4 Å². The van der Waals surface area contributed by atoms with E-state index in [2.05, 4.69) is 12.2 Å². The number of benzene rings is 1. The zero-order valence-electron chi connectivity index (χ0n) is 18.4. The summed E-state index contributed by atoms with van der Waals surface area (Å²) < 4.78 is 32.4. The van der Waals surface area contributed by atoms with Crippen LogP contribution in [0.2, 0.25) is 0 Å². The van der Waals surface area contributed by atoms with Gasteiger partial charge in [0.15, 0.2) is 0 Å². The van der Waals surface area contributed by atoms with E-state index in [0.717, 1.165) is 24.2 Å². The van der Waals surface area contributed by atoms with Crippen LogP contribution in [-0.4, -0.2) is 51.0 Å². The second-order valence-corrected chi connectivity index (χ2v) is 12.2. The van der Waals surface area contributed by atoms with Gasteiger partial charge in [-0.25, -0.2) is 8.42 Å². The monoisotopic (exact) mass is 446 g/mol. The van der Waals surface area contributed by atoms with Crippen molar-refractivity contribution in [2.45, 2.75) is 62.8 Å². The Hall–Kier alpha value is -1.44. The van der Waals surface area contributed by atoms with E-state index in [1.54, 1.807) is 24.3 Å². The number of ether oxygens (including phenoxy) is 1. The summed E-state index contributed by atoms with van der Waals surface area (Å²) in [7, 11) is -3.54. The molecule has 0 radical (unpaired) electrons. The molecule has 1 aromatic rings. The lowest BCUT2D eigenvalue weighted by atomic mass is 9.47. The Morgan fingerprint density at radius 3 is 2.13 bits per heavy atom. The number of hydrogen-bond acceptors (Lipinski definition) is 4. The second kappa shape index (κ2) is 8.16. The molecule has 6 rings (SSSR count). The average Bonchev–Trinajstić information content (AvgIpc) is 2.77. The van der Waals surface area contributed by atoms with Crippen LogP contribution in [0.5, 0.6) is 0 Å². The summed E-state index contributed by atoms with van der Waals surface area (Å²) in [4.78, 5) is 13.3. The molecular weight excluding hydrogens is 412 g/mol. The average molecular weight is 447 g/mol. The van der Waals surface area contributed by atoms with Crippen LogP contribution < -0.4 is 5.32 Å². The molecule has 1 heterocycles. The SMILES string of the molecule is CC[C@@H](NC(=O)c1ccc(S(=O)(=O)N2CCOCC2)cc1)C12CC3CC(CC(C3)C1)C2. The minimum absolute atomic E-state index is 0.0853. The van der Waals surface area contributed by atoms with E-state index in [4.69, 9.17) is 4.74 Å². The van der Waals surface area contributed by atoms with E-state index in [9.17, 15) is 13.2 Å². The molecule has 5 fully saturated rings. The Labute approximate surface area is 185 Å². The molecule has 1 atom stereocenters. The molecule has 1 amide bonds. The quantitative estimate of drug-likeness (QED) is 0.726. The number of morpholine rings is 1. The van der Waals surface area contributed by atoms with E-state index < -0.39 is 10.0 Å². The van der Waals surface area contributed by atoms with Crippen molar-refractivity contribution in [3.63, 3.8) is 0 Å². The van der Waals surface area contributed by atoms with Gasteiger partial charge in [0, 0.05) is 24.7 Å². The summed E-state index contributed by atoms with van der Waals surface area (Å²) in [5.41, 5.74) is 0.794. The number of sulfonamides is 1. The number of hydrogen-bond donors (Lipinski definition) is 1. The number of nitrogens with one attached hydrogen (secondary N) is 1. The number of nitrogens with zero attached hydrogens (tertiary/aromatic N) is 1. The van der Waals surface area contributed by atoms with Crippen molar-refractivity contribution in [3.05, 3.63) is 29.8 Å². The van der Waals surface area contributed by atoms with E-state index in [0.29, 0.717) is 31.9 Å². The molecule has 1 saturated heterocycles. The number of amides is 1. The van der Waals surface area contributed by atoms with E-state index in [-0.39, 0.29) is 22.3 Å². The van der Waals surface area contributed by atoms with Crippen LogP contribution in [0.3, 0.4) is 0 Å². The number of rotatable bonds is 6. The van der Waals surface area contributed by atoms with Gasteiger partial charge in [-0.15, -0.1) is 0 Å². The fraction of sp³-hybridized carbons (Fsp3) is 0.708. The molecule has 6 nitrogen and oxygen atoms in total. The van der Waals surface area contributed by atoms with Gasteiger partial charge >= 0.3 is 0 Å². The van der Waals surface area contributed by atoms with Gasteiger partial charge in [-0.2, -0.15) is 4.31 Å². The van der Waals surface area contributed by atoms with Gasteiger partial charge in [0.1, 0.15) is 0 Å².